The molecule has 0 aromatic heterocycles. The zero-order valence-corrected chi connectivity index (χ0v) is 8.94. The van der Waals surface area contributed by atoms with Crippen LogP contribution in [0.15, 0.2) is 12.0 Å². The predicted molar refractivity (Wildman–Crippen MR) is 49.1 cm³/mol. The summed E-state index contributed by atoms with van der Waals surface area (Å²) in [5.41, 5.74) is 0. The first kappa shape index (κ1) is 11.0. The molecule has 0 radical (unpaired) electrons. The highest BCUT2D eigenvalue weighted by atomic mass is 79.9. The molecule has 1 rings (SSSR count). The fourth-order valence-corrected chi connectivity index (χ4v) is 1.13. The van der Waals surface area contributed by atoms with E-state index in [4.69, 9.17) is 9.47 Å². The summed E-state index contributed by atoms with van der Waals surface area (Å²) < 4.78 is 9.74. The zero-order valence-electron chi connectivity index (χ0n) is 7.36. The quantitative estimate of drug-likeness (QED) is 0.331. The van der Waals surface area contributed by atoms with Crippen molar-refractivity contribution in [1.29, 1.82) is 0 Å². The van der Waals surface area contributed by atoms with Crippen LogP contribution in [0.3, 0.4) is 0 Å². The number of hydrogen-bond acceptors (Lipinski definition) is 5. The molecule has 0 aliphatic carbocycles. The Morgan fingerprint density at radius 3 is 3.00 bits per heavy atom. The van der Waals surface area contributed by atoms with Gasteiger partial charge in [-0.25, -0.2) is 0 Å². The standard InChI is InChI=1S/C7H8BrNO5/c1-7(14-6(10)4-8)3-2-5(13-7)9(11)12/h2H,3-4H2,1H3. The van der Waals surface area contributed by atoms with E-state index in [0.29, 0.717) is 0 Å². The van der Waals surface area contributed by atoms with Gasteiger partial charge in [0.1, 0.15) is 10.3 Å². The molecule has 0 saturated heterocycles. The zero-order chi connectivity index (χ0) is 10.8. The number of hydrogen-bond donors (Lipinski definition) is 0. The van der Waals surface area contributed by atoms with Crippen molar-refractivity contribution in [2.24, 2.45) is 0 Å². The minimum absolute atomic E-state index is 0.0275. The summed E-state index contributed by atoms with van der Waals surface area (Å²) in [7, 11) is 0. The van der Waals surface area contributed by atoms with Gasteiger partial charge in [0.25, 0.3) is 5.79 Å². The van der Waals surface area contributed by atoms with E-state index < -0.39 is 16.7 Å². The molecule has 78 valence electrons. The number of rotatable bonds is 3. The molecule has 1 unspecified atom stereocenters. The smallest absolute Gasteiger partial charge is 0.422 e. The monoisotopic (exact) mass is 265 g/mol. The lowest BCUT2D eigenvalue weighted by molar-refractivity contribution is -0.473. The maximum atomic E-state index is 10.9. The number of carbonyl (C=O) groups is 1. The summed E-state index contributed by atoms with van der Waals surface area (Å²) in [6.07, 6.45) is 1.46. The van der Waals surface area contributed by atoms with Crippen LogP contribution in [-0.2, 0) is 14.3 Å². The second-order valence-corrected chi connectivity index (χ2v) is 3.41. The summed E-state index contributed by atoms with van der Waals surface area (Å²) in [6, 6.07) is 0. The topological polar surface area (TPSA) is 78.7 Å². The van der Waals surface area contributed by atoms with E-state index in [1.54, 1.807) is 0 Å². The lowest BCUT2D eigenvalue weighted by atomic mass is 10.2. The van der Waals surface area contributed by atoms with E-state index in [-0.39, 0.29) is 17.6 Å². The Bertz CT molecular complexity index is 302. The third-order valence-corrected chi connectivity index (χ3v) is 2.04. The molecule has 0 saturated carbocycles. The fraction of sp³-hybridized carbons (Fsp3) is 0.571. The molecular weight excluding hydrogens is 258 g/mol. The number of carbonyl (C=O) groups excluding carboxylic acids is 1. The first-order chi connectivity index (χ1) is 6.47. The van der Waals surface area contributed by atoms with Gasteiger partial charge in [0, 0.05) is 13.0 Å². The van der Waals surface area contributed by atoms with Crippen LogP contribution in [0, 0.1) is 10.1 Å². The highest BCUT2D eigenvalue weighted by Gasteiger charge is 2.40. The third-order valence-electron chi connectivity index (χ3n) is 1.59. The van der Waals surface area contributed by atoms with Gasteiger partial charge in [-0.05, 0) is 0 Å². The Hall–Kier alpha value is -1.11. The number of nitro groups is 1. The fourth-order valence-electron chi connectivity index (χ4n) is 1.02. The number of halogens is 1. The normalized spacial score (nSPS) is 25.1. The minimum atomic E-state index is -1.24. The van der Waals surface area contributed by atoms with Crippen LogP contribution < -0.4 is 0 Å². The van der Waals surface area contributed by atoms with Crippen LogP contribution in [0.5, 0.6) is 0 Å². The Morgan fingerprint density at radius 2 is 2.57 bits per heavy atom. The summed E-state index contributed by atoms with van der Waals surface area (Å²) >= 11 is 2.91. The molecular formula is C7H8BrNO5. The first-order valence-electron chi connectivity index (χ1n) is 3.78. The van der Waals surface area contributed by atoms with Crippen LogP contribution in [0.25, 0.3) is 0 Å². The highest BCUT2D eigenvalue weighted by Crippen LogP contribution is 2.29. The van der Waals surface area contributed by atoms with Gasteiger partial charge in [0.15, 0.2) is 0 Å². The molecule has 1 aliphatic heterocycles. The molecule has 0 fully saturated rings. The van der Waals surface area contributed by atoms with Crippen LogP contribution in [0.4, 0.5) is 0 Å². The van der Waals surface area contributed by atoms with Gasteiger partial charge in [0.05, 0.1) is 6.42 Å². The Kier molecular flexibility index (Phi) is 3.10. The van der Waals surface area contributed by atoms with E-state index in [1.807, 2.05) is 0 Å². The number of nitrogens with zero attached hydrogens (tertiary/aromatic N) is 1. The average molecular weight is 266 g/mol. The molecule has 0 aromatic rings. The number of esters is 1. The van der Waals surface area contributed by atoms with E-state index in [0.717, 1.165) is 0 Å². The van der Waals surface area contributed by atoms with E-state index in [2.05, 4.69) is 15.9 Å². The molecule has 1 aliphatic rings. The van der Waals surface area contributed by atoms with Crippen molar-refractivity contribution in [2.45, 2.75) is 19.1 Å². The van der Waals surface area contributed by atoms with Crippen molar-refractivity contribution in [1.82, 2.24) is 0 Å². The molecule has 0 spiro atoms. The van der Waals surface area contributed by atoms with Crippen molar-refractivity contribution >= 4 is 21.9 Å². The maximum absolute atomic E-state index is 10.9. The number of ether oxygens (including phenoxy) is 2. The van der Waals surface area contributed by atoms with E-state index in [1.165, 1.54) is 13.0 Å². The van der Waals surface area contributed by atoms with Gasteiger partial charge in [-0.15, -0.1) is 0 Å². The molecule has 1 atom stereocenters. The van der Waals surface area contributed by atoms with Crippen LogP contribution >= 0.6 is 15.9 Å². The first-order valence-corrected chi connectivity index (χ1v) is 4.90. The molecule has 6 nitrogen and oxygen atoms in total. The molecule has 0 aromatic carbocycles. The van der Waals surface area contributed by atoms with Gasteiger partial charge in [0.2, 0.25) is 0 Å². The Balaban J connectivity index is 2.57. The number of alkyl halides is 1. The van der Waals surface area contributed by atoms with Gasteiger partial charge < -0.3 is 9.47 Å². The van der Waals surface area contributed by atoms with Gasteiger partial charge in [-0.1, -0.05) is 15.9 Å². The maximum Gasteiger partial charge on any atom is 0.427 e. The second kappa shape index (κ2) is 3.95. The molecule has 1 heterocycles. The summed E-state index contributed by atoms with van der Waals surface area (Å²) in [5.74, 6) is -2.15. The van der Waals surface area contributed by atoms with Gasteiger partial charge >= 0.3 is 11.9 Å². The minimum Gasteiger partial charge on any atom is -0.422 e. The van der Waals surface area contributed by atoms with Gasteiger partial charge in [-0.2, -0.15) is 0 Å². The molecule has 0 N–H and O–H groups in total. The van der Waals surface area contributed by atoms with Crippen LogP contribution in [-0.4, -0.2) is 22.0 Å². The summed E-state index contributed by atoms with van der Waals surface area (Å²) in [5, 5.41) is 10.3. The summed E-state index contributed by atoms with van der Waals surface area (Å²) in [4.78, 5) is 20.6. The molecule has 0 bridgehead atoms. The van der Waals surface area contributed by atoms with Crippen LogP contribution in [0.2, 0.25) is 0 Å². The van der Waals surface area contributed by atoms with Crippen molar-refractivity contribution in [2.75, 3.05) is 5.33 Å². The molecule has 7 heteroatoms. The predicted octanol–water partition coefficient (Wildman–Crippen LogP) is 1.18. The van der Waals surface area contributed by atoms with Crippen molar-refractivity contribution < 1.29 is 19.2 Å². The summed E-state index contributed by atoms with van der Waals surface area (Å²) in [6.45, 7) is 1.47. The average Bonchev–Trinajstić information content (AvgIpc) is 2.47. The second-order valence-electron chi connectivity index (χ2n) is 2.85. The Morgan fingerprint density at radius 1 is 1.93 bits per heavy atom. The van der Waals surface area contributed by atoms with Crippen molar-refractivity contribution in [3.05, 3.63) is 22.1 Å². The Labute approximate surface area is 88.1 Å². The van der Waals surface area contributed by atoms with Gasteiger partial charge in [-0.3, -0.25) is 14.9 Å². The highest BCUT2D eigenvalue weighted by molar-refractivity contribution is 9.09. The van der Waals surface area contributed by atoms with Crippen LogP contribution in [0.1, 0.15) is 13.3 Å². The van der Waals surface area contributed by atoms with E-state index in [9.17, 15) is 14.9 Å². The lowest BCUT2D eigenvalue weighted by Crippen LogP contribution is -2.32. The largest absolute Gasteiger partial charge is 0.427 e. The lowest BCUT2D eigenvalue weighted by Gasteiger charge is -2.22. The molecule has 14 heavy (non-hydrogen) atoms. The van der Waals surface area contributed by atoms with Crippen molar-refractivity contribution in [3.63, 3.8) is 0 Å². The SMILES string of the molecule is CC1(OC(=O)CBr)CC=C([N+](=O)[O-])O1. The van der Waals surface area contributed by atoms with Crippen molar-refractivity contribution in [3.8, 4) is 0 Å². The third kappa shape index (κ3) is 2.44. The van der Waals surface area contributed by atoms with E-state index >= 15 is 0 Å². The molecule has 0 amide bonds.